The van der Waals surface area contributed by atoms with E-state index in [0.717, 1.165) is 0 Å². The minimum Gasteiger partial charge on any atom is -0.468 e. The van der Waals surface area contributed by atoms with E-state index in [1.165, 1.54) is 7.11 Å². The molecule has 1 aromatic heterocycles. The first-order valence-corrected chi connectivity index (χ1v) is 4.44. The van der Waals surface area contributed by atoms with Crippen LogP contribution in [0.1, 0.15) is 18.2 Å². The zero-order valence-electron chi connectivity index (χ0n) is 8.63. The van der Waals surface area contributed by atoms with E-state index >= 15 is 0 Å². The maximum atomic E-state index is 11.5. The SMILES string of the molecule is CC=CCc1c(C)nc(OC)[nH]c1=O. The summed E-state index contributed by atoms with van der Waals surface area (Å²) in [6, 6.07) is 0.261. The van der Waals surface area contributed by atoms with Crippen molar-refractivity contribution in [1.29, 1.82) is 0 Å². The van der Waals surface area contributed by atoms with Gasteiger partial charge in [-0.15, -0.1) is 0 Å². The van der Waals surface area contributed by atoms with Crippen LogP contribution < -0.4 is 10.3 Å². The van der Waals surface area contributed by atoms with Crippen molar-refractivity contribution in [1.82, 2.24) is 9.97 Å². The molecule has 1 rings (SSSR count). The van der Waals surface area contributed by atoms with Crippen LogP contribution in [-0.4, -0.2) is 17.1 Å². The number of allylic oxidation sites excluding steroid dienone is 2. The second-order valence-corrected chi connectivity index (χ2v) is 2.91. The summed E-state index contributed by atoms with van der Waals surface area (Å²) in [6.45, 7) is 3.72. The molecule has 0 aromatic carbocycles. The fraction of sp³-hybridized carbons (Fsp3) is 0.400. The molecule has 0 unspecified atom stereocenters. The Morgan fingerprint density at radius 1 is 1.57 bits per heavy atom. The van der Waals surface area contributed by atoms with Crippen LogP contribution in [0.3, 0.4) is 0 Å². The van der Waals surface area contributed by atoms with Crippen molar-refractivity contribution >= 4 is 0 Å². The molecule has 0 saturated heterocycles. The molecule has 1 aromatic rings. The molecule has 0 atom stereocenters. The summed E-state index contributed by atoms with van der Waals surface area (Å²) in [5, 5.41) is 0. The number of hydrogen-bond acceptors (Lipinski definition) is 3. The van der Waals surface area contributed by atoms with Crippen LogP contribution in [0.2, 0.25) is 0 Å². The van der Waals surface area contributed by atoms with Crippen LogP contribution in [-0.2, 0) is 6.42 Å². The van der Waals surface area contributed by atoms with Gasteiger partial charge in [0.15, 0.2) is 0 Å². The molecule has 76 valence electrons. The van der Waals surface area contributed by atoms with Crippen molar-refractivity contribution in [3.63, 3.8) is 0 Å². The van der Waals surface area contributed by atoms with Crippen molar-refractivity contribution in [3.8, 4) is 6.01 Å². The monoisotopic (exact) mass is 194 g/mol. The number of nitrogens with zero attached hydrogens (tertiary/aromatic N) is 1. The van der Waals surface area contributed by atoms with Crippen LogP contribution in [0, 0.1) is 6.92 Å². The quantitative estimate of drug-likeness (QED) is 0.736. The van der Waals surface area contributed by atoms with Crippen LogP contribution in [0.4, 0.5) is 0 Å². The van der Waals surface area contributed by atoms with E-state index in [9.17, 15) is 4.79 Å². The molecular weight excluding hydrogens is 180 g/mol. The third-order valence-corrected chi connectivity index (χ3v) is 1.95. The summed E-state index contributed by atoms with van der Waals surface area (Å²) in [7, 11) is 1.48. The highest BCUT2D eigenvalue weighted by Crippen LogP contribution is 2.04. The summed E-state index contributed by atoms with van der Waals surface area (Å²) in [6.07, 6.45) is 4.43. The van der Waals surface area contributed by atoms with Crippen LogP contribution in [0.25, 0.3) is 0 Å². The number of methoxy groups -OCH3 is 1. The second-order valence-electron chi connectivity index (χ2n) is 2.91. The van der Waals surface area contributed by atoms with E-state index in [0.29, 0.717) is 17.7 Å². The van der Waals surface area contributed by atoms with Crippen molar-refractivity contribution in [2.24, 2.45) is 0 Å². The van der Waals surface area contributed by atoms with Gasteiger partial charge in [-0.05, 0) is 20.3 Å². The van der Waals surface area contributed by atoms with Gasteiger partial charge in [0, 0.05) is 5.56 Å². The van der Waals surface area contributed by atoms with Crippen LogP contribution in [0.15, 0.2) is 16.9 Å². The fourth-order valence-corrected chi connectivity index (χ4v) is 1.16. The van der Waals surface area contributed by atoms with Gasteiger partial charge >= 0.3 is 0 Å². The third-order valence-electron chi connectivity index (χ3n) is 1.95. The molecular formula is C10H14N2O2. The van der Waals surface area contributed by atoms with Gasteiger partial charge in [0.25, 0.3) is 11.6 Å². The number of H-pyrrole nitrogens is 1. The molecule has 14 heavy (non-hydrogen) atoms. The molecule has 0 amide bonds. The van der Waals surface area contributed by atoms with E-state index in [1.54, 1.807) is 6.92 Å². The predicted molar refractivity (Wildman–Crippen MR) is 54.7 cm³/mol. The molecule has 0 aliphatic heterocycles. The Hall–Kier alpha value is -1.58. The Morgan fingerprint density at radius 2 is 2.29 bits per heavy atom. The summed E-state index contributed by atoms with van der Waals surface area (Å²) >= 11 is 0. The zero-order valence-corrected chi connectivity index (χ0v) is 8.63. The Bertz CT molecular complexity index is 394. The first-order chi connectivity index (χ1) is 6.69. The lowest BCUT2D eigenvalue weighted by Crippen LogP contribution is -2.16. The highest BCUT2D eigenvalue weighted by molar-refractivity contribution is 5.20. The smallest absolute Gasteiger partial charge is 0.296 e. The minimum absolute atomic E-state index is 0.132. The van der Waals surface area contributed by atoms with Crippen molar-refractivity contribution in [3.05, 3.63) is 33.8 Å². The molecule has 0 radical (unpaired) electrons. The lowest BCUT2D eigenvalue weighted by Gasteiger charge is -2.03. The van der Waals surface area contributed by atoms with Gasteiger partial charge < -0.3 is 4.74 Å². The standard InChI is InChI=1S/C10H14N2O2/c1-4-5-6-8-7(2)11-10(14-3)12-9(8)13/h4-5H,6H2,1-3H3,(H,11,12,13). The molecule has 0 bridgehead atoms. The molecule has 0 aliphatic carbocycles. The van der Waals surface area contributed by atoms with Crippen molar-refractivity contribution < 1.29 is 4.74 Å². The lowest BCUT2D eigenvalue weighted by atomic mass is 10.1. The zero-order chi connectivity index (χ0) is 10.6. The molecule has 0 fully saturated rings. The summed E-state index contributed by atoms with van der Waals surface area (Å²) in [5.74, 6) is 0. The van der Waals surface area contributed by atoms with Gasteiger partial charge in [0.2, 0.25) is 0 Å². The molecule has 1 N–H and O–H groups in total. The topological polar surface area (TPSA) is 55.0 Å². The van der Waals surface area contributed by atoms with E-state index in [1.807, 2.05) is 19.1 Å². The van der Waals surface area contributed by atoms with Gasteiger partial charge in [0.1, 0.15) is 0 Å². The molecule has 4 nitrogen and oxygen atoms in total. The number of aryl methyl sites for hydroxylation is 1. The molecule has 0 spiro atoms. The van der Waals surface area contributed by atoms with Gasteiger partial charge in [-0.25, -0.2) is 4.98 Å². The highest BCUT2D eigenvalue weighted by Gasteiger charge is 2.05. The third kappa shape index (κ3) is 2.22. The number of aromatic amines is 1. The van der Waals surface area contributed by atoms with Crippen molar-refractivity contribution in [2.75, 3.05) is 7.11 Å². The van der Waals surface area contributed by atoms with E-state index in [-0.39, 0.29) is 11.6 Å². The number of nitrogens with one attached hydrogen (secondary N) is 1. The predicted octanol–water partition coefficient (Wildman–Crippen LogP) is 1.21. The van der Waals surface area contributed by atoms with E-state index in [2.05, 4.69) is 9.97 Å². The van der Waals surface area contributed by atoms with Crippen LogP contribution in [0.5, 0.6) is 6.01 Å². The normalized spacial score (nSPS) is 10.8. The lowest BCUT2D eigenvalue weighted by molar-refractivity contribution is 0.376. The average Bonchev–Trinajstić information content (AvgIpc) is 2.16. The van der Waals surface area contributed by atoms with Crippen molar-refractivity contribution in [2.45, 2.75) is 20.3 Å². The Morgan fingerprint density at radius 3 is 2.79 bits per heavy atom. The summed E-state index contributed by atoms with van der Waals surface area (Å²) < 4.78 is 4.85. The number of rotatable bonds is 3. The van der Waals surface area contributed by atoms with Gasteiger partial charge in [-0.3, -0.25) is 9.78 Å². The van der Waals surface area contributed by atoms with Crippen LogP contribution >= 0.6 is 0 Å². The Balaban J connectivity index is 3.12. The summed E-state index contributed by atoms with van der Waals surface area (Å²) in [5.41, 5.74) is 1.26. The van der Waals surface area contributed by atoms with E-state index < -0.39 is 0 Å². The Labute approximate surface area is 82.6 Å². The number of ether oxygens (including phenoxy) is 1. The van der Waals surface area contributed by atoms with E-state index in [4.69, 9.17) is 4.74 Å². The van der Waals surface area contributed by atoms with Gasteiger partial charge in [0.05, 0.1) is 12.8 Å². The second kappa shape index (κ2) is 4.60. The molecule has 1 heterocycles. The minimum atomic E-state index is -0.132. The number of aromatic nitrogens is 2. The first-order valence-electron chi connectivity index (χ1n) is 4.44. The Kier molecular flexibility index (Phi) is 3.45. The molecule has 4 heteroatoms. The highest BCUT2D eigenvalue weighted by atomic mass is 16.5. The molecule has 0 saturated carbocycles. The van der Waals surface area contributed by atoms with Gasteiger partial charge in [-0.1, -0.05) is 12.2 Å². The average molecular weight is 194 g/mol. The summed E-state index contributed by atoms with van der Waals surface area (Å²) in [4.78, 5) is 18.2. The maximum Gasteiger partial charge on any atom is 0.296 e. The van der Waals surface area contributed by atoms with Gasteiger partial charge in [-0.2, -0.15) is 0 Å². The largest absolute Gasteiger partial charge is 0.468 e. The first kappa shape index (κ1) is 10.5. The molecule has 0 aliphatic rings. The fourth-order valence-electron chi connectivity index (χ4n) is 1.16. The maximum absolute atomic E-state index is 11.5. The number of hydrogen-bond donors (Lipinski definition) is 1.